The van der Waals surface area contributed by atoms with E-state index in [1.54, 1.807) is 0 Å². The monoisotopic (exact) mass is 352 g/mol. The second-order valence-electron chi connectivity index (χ2n) is 6.32. The lowest BCUT2D eigenvalue weighted by Gasteiger charge is -2.16. The van der Waals surface area contributed by atoms with Gasteiger partial charge in [0.25, 0.3) is 0 Å². The first kappa shape index (κ1) is 18.8. The van der Waals surface area contributed by atoms with E-state index in [4.69, 9.17) is 0 Å². The van der Waals surface area contributed by atoms with Gasteiger partial charge in [0, 0.05) is 18.3 Å². The van der Waals surface area contributed by atoms with Gasteiger partial charge in [-0.1, -0.05) is 37.9 Å². The van der Waals surface area contributed by atoms with Crippen LogP contribution in [-0.4, -0.2) is 33.8 Å². The van der Waals surface area contributed by atoms with E-state index in [0.717, 1.165) is 23.7 Å². The molecule has 134 valence electrons. The summed E-state index contributed by atoms with van der Waals surface area (Å²) in [6.07, 6.45) is 6.78. The van der Waals surface area contributed by atoms with Crippen LogP contribution in [-0.2, 0) is 4.79 Å². The van der Waals surface area contributed by atoms with Crippen molar-refractivity contribution in [2.24, 2.45) is 0 Å². The van der Waals surface area contributed by atoms with Gasteiger partial charge in [-0.25, -0.2) is 9.78 Å². The molecule has 1 aliphatic rings. The number of hydrogen-bond acceptors (Lipinski definition) is 4. The Labute approximate surface area is 148 Å². The minimum absolute atomic E-state index is 0.198. The first-order valence-electron chi connectivity index (χ1n) is 8.78. The van der Waals surface area contributed by atoms with Gasteiger partial charge in [-0.2, -0.15) is 0 Å². The van der Waals surface area contributed by atoms with Crippen LogP contribution < -0.4 is 10.6 Å². The number of rotatable bonds is 7. The SMILES string of the molecule is CCCCNC(=O)NC(=O)CSc1nc(C)c(C)n1C1CCCC1. The minimum Gasteiger partial charge on any atom is -0.338 e. The van der Waals surface area contributed by atoms with Crippen molar-refractivity contribution in [3.8, 4) is 0 Å². The highest BCUT2D eigenvalue weighted by atomic mass is 32.2. The third kappa shape index (κ3) is 5.00. The maximum atomic E-state index is 12.0. The number of amides is 3. The number of aromatic nitrogens is 2. The standard InChI is InChI=1S/C17H28N4O2S/c1-4-5-10-18-16(23)20-15(22)11-24-17-19-12(2)13(3)21(17)14-8-6-7-9-14/h14H,4-11H2,1-3H3,(H2,18,20,22,23). The molecule has 6 nitrogen and oxygen atoms in total. The molecule has 0 unspecified atom stereocenters. The van der Waals surface area contributed by atoms with Crippen molar-refractivity contribution in [1.82, 2.24) is 20.2 Å². The average Bonchev–Trinajstić information content (AvgIpc) is 3.14. The third-order valence-corrected chi connectivity index (χ3v) is 5.40. The molecule has 2 rings (SSSR count). The van der Waals surface area contributed by atoms with Gasteiger partial charge in [0.1, 0.15) is 0 Å². The van der Waals surface area contributed by atoms with Crippen molar-refractivity contribution in [3.63, 3.8) is 0 Å². The van der Waals surface area contributed by atoms with Gasteiger partial charge in [0.05, 0.1) is 11.4 Å². The summed E-state index contributed by atoms with van der Waals surface area (Å²) in [7, 11) is 0. The maximum Gasteiger partial charge on any atom is 0.321 e. The Balaban J connectivity index is 1.88. The highest BCUT2D eigenvalue weighted by Crippen LogP contribution is 2.35. The Morgan fingerprint density at radius 1 is 1.29 bits per heavy atom. The van der Waals surface area contributed by atoms with Crippen LogP contribution in [0.2, 0.25) is 0 Å². The van der Waals surface area contributed by atoms with Crippen molar-refractivity contribution < 1.29 is 9.59 Å². The summed E-state index contributed by atoms with van der Waals surface area (Å²) in [5.41, 5.74) is 2.20. The molecule has 0 bridgehead atoms. The lowest BCUT2D eigenvalue weighted by molar-refractivity contribution is -0.117. The number of unbranched alkanes of at least 4 members (excludes halogenated alkanes) is 1. The van der Waals surface area contributed by atoms with Crippen molar-refractivity contribution in [2.45, 2.75) is 70.5 Å². The van der Waals surface area contributed by atoms with E-state index < -0.39 is 6.03 Å². The van der Waals surface area contributed by atoms with Crippen molar-refractivity contribution in [3.05, 3.63) is 11.4 Å². The molecule has 0 radical (unpaired) electrons. The van der Waals surface area contributed by atoms with Gasteiger partial charge in [0.15, 0.2) is 5.16 Å². The minimum atomic E-state index is -0.416. The number of carbonyl (C=O) groups is 2. The number of thioether (sulfide) groups is 1. The molecule has 0 atom stereocenters. The molecular formula is C17H28N4O2S. The average molecular weight is 353 g/mol. The van der Waals surface area contributed by atoms with Gasteiger partial charge < -0.3 is 9.88 Å². The maximum absolute atomic E-state index is 12.0. The summed E-state index contributed by atoms with van der Waals surface area (Å²) < 4.78 is 2.28. The van der Waals surface area contributed by atoms with Gasteiger partial charge in [-0.05, 0) is 33.1 Å². The van der Waals surface area contributed by atoms with Crippen LogP contribution in [0.5, 0.6) is 0 Å². The number of imidazole rings is 1. The Morgan fingerprint density at radius 3 is 2.67 bits per heavy atom. The summed E-state index contributed by atoms with van der Waals surface area (Å²) >= 11 is 1.41. The van der Waals surface area contributed by atoms with E-state index in [1.165, 1.54) is 43.1 Å². The Hall–Kier alpha value is -1.50. The molecule has 3 amide bonds. The number of carbonyl (C=O) groups excluding carboxylic acids is 2. The molecule has 0 aromatic carbocycles. The topological polar surface area (TPSA) is 76.0 Å². The number of aryl methyl sites for hydroxylation is 1. The summed E-state index contributed by atoms with van der Waals surface area (Å²) in [4.78, 5) is 28.2. The Kier molecular flexibility index (Phi) is 7.15. The summed E-state index contributed by atoms with van der Waals surface area (Å²) in [5.74, 6) is -0.0886. The van der Waals surface area contributed by atoms with Crippen LogP contribution in [0.4, 0.5) is 4.79 Å². The zero-order valence-corrected chi connectivity index (χ0v) is 15.7. The fourth-order valence-electron chi connectivity index (χ4n) is 3.01. The van der Waals surface area contributed by atoms with Gasteiger partial charge >= 0.3 is 6.03 Å². The second-order valence-corrected chi connectivity index (χ2v) is 7.26. The number of imide groups is 1. The third-order valence-electron chi connectivity index (χ3n) is 4.45. The molecule has 1 saturated carbocycles. The highest BCUT2D eigenvalue weighted by molar-refractivity contribution is 7.99. The number of nitrogens with zero attached hydrogens (tertiary/aromatic N) is 2. The lowest BCUT2D eigenvalue weighted by atomic mass is 10.2. The van der Waals surface area contributed by atoms with Crippen LogP contribution >= 0.6 is 11.8 Å². The normalized spacial score (nSPS) is 14.8. The van der Waals surface area contributed by atoms with Crippen LogP contribution in [0, 0.1) is 13.8 Å². The predicted molar refractivity (Wildman–Crippen MR) is 96.4 cm³/mol. The molecule has 1 aliphatic carbocycles. The smallest absolute Gasteiger partial charge is 0.321 e. The van der Waals surface area contributed by atoms with Gasteiger partial charge in [-0.3, -0.25) is 10.1 Å². The van der Waals surface area contributed by atoms with Crippen LogP contribution in [0.25, 0.3) is 0 Å². The number of hydrogen-bond donors (Lipinski definition) is 2. The molecule has 1 aromatic rings. The van der Waals surface area contributed by atoms with E-state index >= 15 is 0 Å². The first-order chi connectivity index (χ1) is 11.5. The summed E-state index contributed by atoms with van der Waals surface area (Å²) in [6, 6.07) is 0.0784. The van der Waals surface area contributed by atoms with Gasteiger partial charge in [-0.15, -0.1) is 0 Å². The molecule has 1 fully saturated rings. The number of urea groups is 1. The van der Waals surface area contributed by atoms with Crippen molar-refractivity contribution >= 4 is 23.7 Å². The molecule has 7 heteroatoms. The molecule has 0 spiro atoms. The zero-order chi connectivity index (χ0) is 17.5. The highest BCUT2D eigenvalue weighted by Gasteiger charge is 2.23. The quantitative estimate of drug-likeness (QED) is 0.583. The fraction of sp³-hybridized carbons (Fsp3) is 0.706. The molecule has 0 aliphatic heterocycles. The molecular weight excluding hydrogens is 324 g/mol. The fourth-order valence-corrected chi connectivity index (χ4v) is 3.96. The van der Waals surface area contributed by atoms with E-state index in [9.17, 15) is 9.59 Å². The van der Waals surface area contributed by atoms with E-state index in [1.807, 2.05) is 6.92 Å². The van der Waals surface area contributed by atoms with Crippen molar-refractivity contribution in [1.29, 1.82) is 0 Å². The van der Waals surface area contributed by atoms with Crippen LogP contribution in [0.1, 0.15) is 62.9 Å². The summed E-state index contributed by atoms with van der Waals surface area (Å²) in [5, 5.41) is 5.94. The van der Waals surface area contributed by atoms with E-state index in [-0.39, 0.29) is 11.7 Å². The molecule has 1 aromatic heterocycles. The lowest BCUT2D eigenvalue weighted by Crippen LogP contribution is -2.40. The van der Waals surface area contributed by atoms with Crippen LogP contribution in [0.15, 0.2) is 5.16 Å². The number of nitrogens with one attached hydrogen (secondary N) is 2. The first-order valence-corrected chi connectivity index (χ1v) is 9.77. The molecule has 24 heavy (non-hydrogen) atoms. The van der Waals surface area contributed by atoms with E-state index in [0.29, 0.717) is 12.6 Å². The Bertz CT molecular complexity index is 579. The molecule has 1 heterocycles. The summed E-state index contributed by atoms with van der Waals surface area (Å²) in [6.45, 7) is 6.74. The Morgan fingerprint density at radius 2 is 2.00 bits per heavy atom. The van der Waals surface area contributed by atoms with Crippen molar-refractivity contribution in [2.75, 3.05) is 12.3 Å². The molecule has 0 saturated heterocycles. The van der Waals surface area contributed by atoms with Crippen LogP contribution in [0.3, 0.4) is 0 Å². The zero-order valence-electron chi connectivity index (χ0n) is 14.9. The predicted octanol–water partition coefficient (Wildman–Crippen LogP) is 3.33. The second kappa shape index (κ2) is 9.11. The molecule has 2 N–H and O–H groups in total. The largest absolute Gasteiger partial charge is 0.338 e. The van der Waals surface area contributed by atoms with E-state index in [2.05, 4.69) is 34.0 Å². The van der Waals surface area contributed by atoms with Gasteiger partial charge in [0.2, 0.25) is 5.91 Å².